The summed E-state index contributed by atoms with van der Waals surface area (Å²) in [7, 11) is 0. The number of nitrogens with zero attached hydrogens (tertiary/aromatic N) is 1. The number of esters is 1. The summed E-state index contributed by atoms with van der Waals surface area (Å²) in [6.07, 6.45) is -1.28. The Morgan fingerprint density at radius 1 is 1.36 bits per heavy atom. The number of halogens is 2. The molecule has 0 N–H and O–H groups in total. The van der Waals surface area contributed by atoms with Gasteiger partial charge in [-0.05, 0) is 39.0 Å². The Balaban J connectivity index is 2.56. The van der Waals surface area contributed by atoms with Gasteiger partial charge in [0.2, 0.25) is 0 Å². The lowest BCUT2D eigenvalue weighted by Gasteiger charge is -2.14. The van der Waals surface area contributed by atoms with Crippen molar-refractivity contribution in [3.63, 3.8) is 0 Å². The van der Waals surface area contributed by atoms with Crippen molar-refractivity contribution < 1.29 is 13.9 Å². The van der Waals surface area contributed by atoms with Crippen LogP contribution in [0.15, 0.2) is 34.8 Å². The van der Waals surface area contributed by atoms with Gasteiger partial charge < -0.3 is 4.74 Å². The van der Waals surface area contributed by atoms with Gasteiger partial charge in [0.1, 0.15) is 6.17 Å². The first-order valence-electron chi connectivity index (χ1n) is 7.02. The van der Waals surface area contributed by atoms with Gasteiger partial charge in [-0.1, -0.05) is 28.1 Å². The van der Waals surface area contributed by atoms with Gasteiger partial charge in [-0.2, -0.15) is 0 Å². The zero-order chi connectivity index (χ0) is 16.3. The molecule has 5 heteroatoms. The van der Waals surface area contributed by atoms with E-state index in [1.807, 2.05) is 24.3 Å². The molecule has 0 aliphatic heterocycles. The molecule has 0 saturated heterocycles. The lowest BCUT2D eigenvalue weighted by atomic mass is 9.99. The van der Waals surface area contributed by atoms with Gasteiger partial charge >= 0.3 is 5.97 Å². The highest BCUT2D eigenvalue weighted by Crippen LogP contribution is 2.29. The smallest absolute Gasteiger partial charge is 0.340 e. The molecular formula is C17H17BrFNO2. The average Bonchev–Trinajstić information content (AvgIpc) is 2.47. The number of rotatable bonds is 4. The van der Waals surface area contributed by atoms with Crippen molar-refractivity contribution in [2.45, 2.75) is 26.9 Å². The second kappa shape index (κ2) is 7.01. The number of hydrogen-bond donors (Lipinski definition) is 0. The number of carbonyl (C=O) groups excluding carboxylic acids is 1. The third-order valence-corrected chi connectivity index (χ3v) is 3.81. The van der Waals surface area contributed by atoms with Crippen molar-refractivity contribution in [1.29, 1.82) is 0 Å². The van der Waals surface area contributed by atoms with Crippen LogP contribution in [0, 0.1) is 6.92 Å². The zero-order valence-electron chi connectivity index (χ0n) is 12.7. The monoisotopic (exact) mass is 365 g/mol. The second-order valence-electron chi connectivity index (χ2n) is 4.90. The Morgan fingerprint density at radius 2 is 2.00 bits per heavy atom. The van der Waals surface area contributed by atoms with Crippen LogP contribution in [-0.4, -0.2) is 17.6 Å². The van der Waals surface area contributed by atoms with Crippen molar-refractivity contribution in [2.75, 3.05) is 6.61 Å². The lowest BCUT2D eigenvalue weighted by molar-refractivity contribution is 0.0521. The van der Waals surface area contributed by atoms with E-state index >= 15 is 0 Å². The molecule has 0 spiro atoms. The first-order valence-corrected chi connectivity index (χ1v) is 7.82. The highest BCUT2D eigenvalue weighted by Gasteiger charge is 2.22. The van der Waals surface area contributed by atoms with Crippen molar-refractivity contribution in [2.24, 2.45) is 0 Å². The van der Waals surface area contributed by atoms with Crippen LogP contribution in [0.1, 0.15) is 41.6 Å². The predicted molar refractivity (Wildman–Crippen MR) is 87.6 cm³/mol. The average molecular weight is 366 g/mol. The normalized spacial score (nSPS) is 12.0. The van der Waals surface area contributed by atoms with Crippen LogP contribution >= 0.6 is 15.9 Å². The van der Waals surface area contributed by atoms with E-state index < -0.39 is 12.1 Å². The van der Waals surface area contributed by atoms with Gasteiger partial charge in [0.25, 0.3) is 0 Å². The number of carbonyl (C=O) groups is 1. The van der Waals surface area contributed by atoms with E-state index in [4.69, 9.17) is 4.74 Å². The summed E-state index contributed by atoms with van der Waals surface area (Å²) in [5, 5.41) is 0. The molecule has 22 heavy (non-hydrogen) atoms. The maximum absolute atomic E-state index is 14.0. The number of aromatic nitrogens is 1. The van der Waals surface area contributed by atoms with Crippen LogP contribution in [0.3, 0.4) is 0 Å². The van der Waals surface area contributed by atoms with Gasteiger partial charge in [0.05, 0.1) is 23.6 Å². The van der Waals surface area contributed by atoms with E-state index in [1.54, 1.807) is 19.9 Å². The third-order valence-electron chi connectivity index (χ3n) is 3.28. The molecule has 116 valence electrons. The molecule has 0 aliphatic carbocycles. The van der Waals surface area contributed by atoms with Crippen molar-refractivity contribution >= 4 is 21.9 Å². The predicted octanol–water partition coefficient (Wildman–Crippen LogP) is 5.03. The molecular weight excluding hydrogens is 349 g/mol. The van der Waals surface area contributed by atoms with Crippen LogP contribution in [0.2, 0.25) is 0 Å². The summed E-state index contributed by atoms with van der Waals surface area (Å²) >= 11 is 3.38. The molecule has 1 atom stereocenters. The van der Waals surface area contributed by atoms with E-state index in [-0.39, 0.29) is 12.2 Å². The van der Waals surface area contributed by atoms with Crippen molar-refractivity contribution in [3.05, 3.63) is 51.6 Å². The number of aryl methyl sites for hydroxylation is 1. The maximum atomic E-state index is 14.0. The fraction of sp³-hybridized carbons (Fsp3) is 0.294. The first kappa shape index (κ1) is 16.6. The van der Waals surface area contributed by atoms with Crippen LogP contribution in [-0.2, 0) is 4.74 Å². The van der Waals surface area contributed by atoms with Gasteiger partial charge in [-0.15, -0.1) is 0 Å². The molecule has 1 aromatic heterocycles. The Kier molecular flexibility index (Phi) is 5.29. The highest BCUT2D eigenvalue weighted by molar-refractivity contribution is 9.10. The van der Waals surface area contributed by atoms with E-state index in [2.05, 4.69) is 20.9 Å². The molecule has 0 bridgehead atoms. The SMILES string of the molecule is CCOC(=O)c1c([C@@H](C)F)cc(-c2ccc(Br)cc2)nc1C. The standard InChI is InChI=1S/C17H17BrFNO2/c1-4-22-17(21)16-11(3)20-15(9-14(16)10(2)19)12-5-7-13(18)8-6-12/h5-10H,4H2,1-3H3/t10-/m1/s1. The van der Waals surface area contributed by atoms with E-state index in [0.717, 1.165) is 10.0 Å². The molecule has 3 nitrogen and oxygen atoms in total. The number of ether oxygens (including phenoxy) is 1. The Morgan fingerprint density at radius 3 is 2.55 bits per heavy atom. The van der Waals surface area contributed by atoms with Gasteiger partial charge in [-0.3, -0.25) is 4.98 Å². The Bertz CT molecular complexity index is 684. The summed E-state index contributed by atoms with van der Waals surface area (Å²) < 4.78 is 20.0. The molecule has 1 aromatic carbocycles. The molecule has 0 saturated carbocycles. The summed E-state index contributed by atoms with van der Waals surface area (Å²) in [5.74, 6) is -0.533. The minimum atomic E-state index is -1.28. The zero-order valence-corrected chi connectivity index (χ0v) is 14.3. The largest absolute Gasteiger partial charge is 0.462 e. The summed E-state index contributed by atoms with van der Waals surface area (Å²) in [5.41, 5.74) is 2.50. The van der Waals surface area contributed by atoms with Crippen LogP contribution in [0.5, 0.6) is 0 Å². The first-order chi connectivity index (χ1) is 10.4. The van der Waals surface area contributed by atoms with E-state index in [9.17, 15) is 9.18 Å². The van der Waals surface area contributed by atoms with Gasteiger partial charge in [-0.25, -0.2) is 9.18 Å². The maximum Gasteiger partial charge on any atom is 0.340 e. The minimum absolute atomic E-state index is 0.220. The molecule has 1 heterocycles. The van der Waals surface area contributed by atoms with E-state index in [1.165, 1.54) is 6.92 Å². The van der Waals surface area contributed by atoms with Crippen molar-refractivity contribution in [3.8, 4) is 11.3 Å². The molecule has 0 aliphatic rings. The molecule has 0 radical (unpaired) electrons. The van der Waals surface area contributed by atoms with Gasteiger partial charge in [0, 0.05) is 15.6 Å². The Hall–Kier alpha value is -1.75. The molecule has 0 unspecified atom stereocenters. The molecule has 0 fully saturated rings. The fourth-order valence-electron chi connectivity index (χ4n) is 2.25. The van der Waals surface area contributed by atoms with Crippen molar-refractivity contribution in [1.82, 2.24) is 4.98 Å². The van der Waals surface area contributed by atoms with Gasteiger partial charge in [0.15, 0.2) is 0 Å². The van der Waals surface area contributed by atoms with Crippen LogP contribution in [0.25, 0.3) is 11.3 Å². The molecule has 0 amide bonds. The third kappa shape index (κ3) is 3.53. The minimum Gasteiger partial charge on any atom is -0.462 e. The summed E-state index contributed by atoms with van der Waals surface area (Å²) in [6.45, 7) is 5.06. The number of pyridine rings is 1. The highest BCUT2D eigenvalue weighted by atomic mass is 79.9. The van der Waals surface area contributed by atoms with E-state index in [0.29, 0.717) is 17.0 Å². The molecule has 2 aromatic rings. The Labute approximate surface area is 137 Å². The molecule has 2 rings (SSSR count). The quantitative estimate of drug-likeness (QED) is 0.713. The summed E-state index contributed by atoms with van der Waals surface area (Å²) in [4.78, 5) is 16.5. The summed E-state index contributed by atoms with van der Waals surface area (Å²) in [6, 6.07) is 9.19. The number of alkyl halides is 1. The number of benzene rings is 1. The lowest BCUT2D eigenvalue weighted by Crippen LogP contribution is -2.12. The fourth-order valence-corrected chi connectivity index (χ4v) is 2.51. The number of hydrogen-bond acceptors (Lipinski definition) is 3. The second-order valence-corrected chi connectivity index (χ2v) is 5.82. The van der Waals surface area contributed by atoms with Crippen LogP contribution < -0.4 is 0 Å². The van der Waals surface area contributed by atoms with Crippen LogP contribution in [0.4, 0.5) is 4.39 Å². The topological polar surface area (TPSA) is 39.2 Å².